The fraction of sp³-hybridized carbons (Fsp3) is 0.615. The number of pyridine rings is 1. The van der Waals surface area contributed by atoms with Crippen molar-refractivity contribution in [3.8, 4) is 0 Å². The first-order valence-electron chi connectivity index (χ1n) is 6.33. The highest BCUT2D eigenvalue weighted by atomic mass is 16.7. The van der Waals surface area contributed by atoms with Crippen molar-refractivity contribution in [2.45, 2.75) is 45.5 Å². The first-order valence-corrected chi connectivity index (χ1v) is 6.33. The van der Waals surface area contributed by atoms with E-state index in [9.17, 15) is 4.79 Å². The summed E-state index contributed by atoms with van der Waals surface area (Å²) in [6, 6.07) is 1.47. The highest BCUT2D eigenvalue weighted by Crippen LogP contribution is 2.36. The Morgan fingerprint density at radius 2 is 1.84 bits per heavy atom. The van der Waals surface area contributed by atoms with Crippen molar-refractivity contribution in [1.82, 2.24) is 4.98 Å². The summed E-state index contributed by atoms with van der Waals surface area (Å²) >= 11 is 0. The molecule has 19 heavy (non-hydrogen) atoms. The van der Waals surface area contributed by atoms with Gasteiger partial charge in [0.2, 0.25) is 0 Å². The fourth-order valence-electron chi connectivity index (χ4n) is 2.02. The van der Waals surface area contributed by atoms with Crippen molar-refractivity contribution < 1.29 is 14.0 Å². The molecule has 5 nitrogen and oxygen atoms in total. The molecule has 1 aliphatic rings. The number of methoxy groups -OCH3 is 1. The van der Waals surface area contributed by atoms with Crippen LogP contribution in [0.2, 0.25) is 0 Å². The zero-order valence-corrected chi connectivity index (χ0v) is 12.1. The summed E-state index contributed by atoms with van der Waals surface area (Å²) in [5.41, 5.74) is 0.134. The average Bonchev–Trinajstić information content (AvgIpc) is 2.48. The zero-order chi connectivity index (χ0) is 14.3. The molecule has 1 aromatic heterocycles. The van der Waals surface area contributed by atoms with E-state index in [2.05, 4.69) is 4.98 Å². The normalized spacial score (nSPS) is 20.8. The standard InChI is InChI=1S/C13H20BNO4/c1-12(2)13(3,4)19-14(18-12)11-9(8-17-5)15-7-6-10(11)16/h6-7H,8H2,1-5H3,(H,15,16). The van der Waals surface area contributed by atoms with E-state index in [4.69, 9.17) is 14.0 Å². The van der Waals surface area contributed by atoms with E-state index < -0.39 is 18.3 Å². The second-order valence-electron chi connectivity index (χ2n) is 5.76. The van der Waals surface area contributed by atoms with E-state index in [1.54, 1.807) is 13.3 Å². The molecule has 104 valence electrons. The Kier molecular flexibility index (Phi) is 3.60. The topological polar surface area (TPSA) is 60.6 Å². The molecule has 2 rings (SSSR count). The highest BCUT2D eigenvalue weighted by molar-refractivity contribution is 6.62. The molecule has 6 heteroatoms. The van der Waals surface area contributed by atoms with Crippen molar-refractivity contribution in [2.24, 2.45) is 0 Å². The van der Waals surface area contributed by atoms with Crippen LogP contribution >= 0.6 is 0 Å². The Labute approximate surface area is 113 Å². The lowest BCUT2D eigenvalue weighted by molar-refractivity contribution is 0.00578. The number of hydrogen-bond acceptors (Lipinski definition) is 4. The van der Waals surface area contributed by atoms with E-state index in [1.807, 2.05) is 27.7 Å². The quantitative estimate of drug-likeness (QED) is 0.822. The highest BCUT2D eigenvalue weighted by Gasteiger charge is 2.53. The molecule has 1 fully saturated rings. The third kappa shape index (κ3) is 2.48. The van der Waals surface area contributed by atoms with Gasteiger partial charge < -0.3 is 19.0 Å². The van der Waals surface area contributed by atoms with Crippen LogP contribution in [-0.2, 0) is 20.7 Å². The van der Waals surface area contributed by atoms with Crippen molar-refractivity contribution in [3.63, 3.8) is 0 Å². The van der Waals surface area contributed by atoms with Gasteiger partial charge in [0.25, 0.3) is 0 Å². The number of H-pyrrole nitrogens is 1. The third-order valence-corrected chi connectivity index (χ3v) is 3.86. The van der Waals surface area contributed by atoms with Gasteiger partial charge in [-0.3, -0.25) is 4.79 Å². The van der Waals surface area contributed by atoms with Gasteiger partial charge >= 0.3 is 7.12 Å². The van der Waals surface area contributed by atoms with Gasteiger partial charge in [0.05, 0.1) is 23.3 Å². The summed E-state index contributed by atoms with van der Waals surface area (Å²) in [5.74, 6) is 0. The largest absolute Gasteiger partial charge is 0.500 e. The Morgan fingerprint density at radius 3 is 2.37 bits per heavy atom. The molecule has 2 heterocycles. The Hall–Kier alpha value is -1.11. The molecular weight excluding hydrogens is 245 g/mol. The fourth-order valence-corrected chi connectivity index (χ4v) is 2.02. The van der Waals surface area contributed by atoms with E-state index in [0.717, 1.165) is 0 Å². The number of aromatic nitrogens is 1. The maximum absolute atomic E-state index is 12.1. The van der Waals surface area contributed by atoms with Crippen LogP contribution in [0.25, 0.3) is 0 Å². The van der Waals surface area contributed by atoms with Crippen LogP contribution in [0, 0.1) is 0 Å². The van der Waals surface area contributed by atoms with Crippen LogP contribution in [0.1, 0.15) is 33.4 Å². The second kappa shape index (κ2) is 4.78. The minimum absolute atomic E-state index is 0.107. The number of aromatic amines is 1. The van der Waals surface area contributed by atoms with E-state index >= 15 is 0 Å². The number of rotatable bonds is 3. The first-order chi connectivity index (χ1) is 8.78. The van der Waals surface area contributed by atoms with Crippen LogP contribution in [-0.4, -0.2) is 30.4 Å². The number of ether oxygens (including phenoxy) is 1. The average molecular weight is 265 g/mol. The third-order valence-electron chi connectivity index (χ3n) is 3.86. The lowest BCUT2D eigenvalue weighted by atomic mass is 9.77. The molecule has 0 amide bonds. The van der Waals surface area contributed by atoms with Gasteiger partial charge in [-0.1, -0.05) is 0 Å². The zero-order valence-electron chi connectivity index (χ0n) is 12.1. The van der Waals surface area contributed by atoms with Crippen molar-refractivity contribution in [3.05, 3.63) is 28.2 Å². The number of hydrogen-bond donors (Lipinski definition) is 1. The minimum Gasteiger partial charge on any atom is -0.399 e. The second-order valence-corrected chi connectivity index (χ2v) is 5.76. The van der Waals surface area contributed by atoms with Crippen LogP contribution in [0.15, 0.2) is 17.1 Å². The van der Waals surface area contributed by atoms with Crippen LogP contribution < -0.4 is 10.9 Å². The molecule has 0 radical (unpaired) electrons. The molecule has 1 saturated heterocycles. The van der Waals surface area contributed by atoms with Crippen LogP contribution in [0.4, 0.5) is 0 Å². The van der Waals surface area contributed by atoms with Gasteiger partial charge in [-0.25, -0.2) is 0 Å². The molecular formula is C13H20BNO4. The predicted molar refractivity (Wildman–Crippen MR) is 73.5 cm³/mol. The summed E-state index contributed by atoms with van der Waals surface area (Å²) < 4.78 is 16.9. The van der Waals surface area contributed by atoms with Gasteiger partial charge in [0, 0.05) is 25.1 Å². The van der Waals surface area contributed by atoms with Gasteiger partial charge in [-0.05, 0) is 27.7 Å². The van der Waals surface area contributed by atoms with Crippen molar-refractivity contribution in [1.29, 1.82) is 0 Å². The summed E-state index contributed by atoms with van der Waals surface area (Å²) in [4.78, 5) is 15.1. The Balaban J connectivity index is 2.42. The van der Waals surface area contributed by atoms with Crippen molar-refractivity contribution in [2.75, 3.05) is 7.11 Å². The van der Waals surface area contributed by atoms with Gasteiger partial charge in [0.1, 0.15) is 0 Å². The maximum Gasteiger partial charge on any atom is 0.500 e. The smallest absolute Gasteiger partial charge is 0.399 e. The van der Waals surface area contributed by atoms with Gasteiger partial charge in [0.15, 0.2) is 5.43 Å². The molecule has 0 saturated carbocycles. The lowest BCUT2D eigenvalue weighted by Crippen LogP contribution is -2.46. The molecule has 0 unspecified atom stereocenters. The summed E-state index contributed by atoms with van der Waals surface area (Å²) in [6.07, 6.45) is 1.60. The van der Waals surface area contributed by atoms with E-state index in [-0.39, 0.29) is 5.43 Å². The Morgan fingerprint density at radius 1 is 1.26 bits per heavy atom. The molecule has 0 spiro atoms. The van der Waals surface area contributed by atoms with E-state index in [0.29, 0.717) is 17.8 Å². The summed E-state index contributed by atoms with van der Waals surface area (Å²) in [5, 5.41) is 0. The predicted octanol–water partition coefficient (Wildman–Crippen LogP) is 0.820. The lowest BCUT2D eigenvalue weighted by Gasteiger charge is -2.32. The summed E-state index contributed by atoms with van der Waals surface area (Å²) in [7, 11) is 0.916. The molecule has 1 aromatic rings. The van der Waals surface area contributed by atoms with E-state index in [1.165, 1.54) is 6.07 Å². The molecule has 0 bridgehead atoms. The Bertz CT molecular complexity index is 508. The minimum atomic E-state index is -0.667. The monoisotopic (exact) mass is 265 g/mol. The van der Waals surface area contributed by atoms with Gasteiger partial charge in [-0.2, -0.15) is 0 Å². The molecule has 0 aliphatic carbocycles. The first kappa shape index (κ1) is 14.3. The molecule has 0 aromatic carbocycles. The molecule has 1 N–H and O–H groups in total. The van der Waals surface area contributed by atoms with Crippen LogP contribution in [0.5, 0.6) is 0 Å². The number of nitrogens with one attached hydrogen (secondary N) is 1. The van der Waals surface area contributed by atoms with Crippen LogP contribution in [0.3, 0.4) is 0 Å². The maximum atomic E-state index is 12.1. The SMILES string of the molecule is COCc1[nH]ccc(=O)c1B1OC(C)(C)C(C)(C)O1. The molecule has 0 atom stereocenters. The van der Waals surface area contributed by atoms with Crippen molar-refractivity contribution >= 4 is 12.6 Å². The molecule has 1 aliphatic heterocycles. The van der Waals surface area contributed by atoms with Gasteiger partial charge in [-0.15, -0.1) is 0 Å². The summed E-state index contributed by atoms with van der Waals surface area (Å²) in [6.45, 7) is 8.15.